The highest BCUT2D eigenvalue weighted by Crippen LogP contribution is 2.23. The van der Waals surface area contributed by atoms with E-state index in [0.29, 0.717) is 5.13 Å². The molecule has 2 aromatic rings. The van der Waals surface area contributed by atoms with Crippen LogP contribution in [0.5, 0.6) is 0 Å². The zero-order valence-electron chi connectivity index (χ0n) is 14.6. The second kappa shape index (κ2) is 8.38. The maximum Gasteiger partial charge on any atom is 0.257 e. The van der Waals surface area contributed by atoms with Crippen LogP contribution in [0.15, 0.2) is 23.1 Å². The maximum absolute atomic E-state index is 14.2. The highest BCUT2D eigenvalue weighted by atomic mass is 32.2. The molecule has 8 nitrogen and oxygen atoms in total. The molecule has 0 aliphatic carbocycles. The SMILES string of the molecule is CCCc1nnc(NC(=O)c2ccc(F)c(S(=O)(=O)N3CCOCC3)c2)s1. The van der Waals surface area contributed by atoms with Gasteiger partial charge < -0.3 is 4.74 Å². The number of sulfonamides is 1. The number of hydrogen-bond donors (Lipinski definition) is 1. The minimum Gasteiger partial charge on any atom is -0.379 e. The molecule has 0 bridgehead atoms. The molecule has 1 amide bonds. The molecule has 1 aliphatic rings. The Labute approximate surface area is 160 Å². The number of halogens is 1. The highest BCUT2D eigenvalue weighted by molar-refractivity contribution is 7.89. The van der Waals surface area contributed by atoms with E-state index in [2.05, 4.69) is 15.5 Å². The monoisotopic (exact) mass is 414 g/mol. The molecular weight excluding hydrogens is 395 g/mol. The number of anilines is 1. The number of benzene rings is 1. The summed E-state index contributed by atoms with van der Waals surface area (Å²) >= 11 is 1.25. The predicted octanol–water partition coefficient (Wildman–Crippen LogP) is 1.90. The summed E-state index contributed by atoms with van der Waals surface area (Å²) in [4.78, 5) is 11.9. The average molecular weight is 414 g/mol. The van der Waals surface area contributed by atoms with Crippen molar-refractivity contribution in [3.05, 3.63) is 34.6 Å². The van der Waals surface area contributed by atoms with Gasteiger partial charge in [-0.1, -0.05) is 18.3 Å². The fraction of sp³-hybridized carbons (Fsp3) is 0.438. The molecule has 0 unspecified atom stereocenters. The van der Waals surface area contributed by atoms with Gasteiger partial charge in [-0.2, -0.15) is 4.31 Å². The summed E-state index contributed by atoms with van der Waals surface area (Å²) in [5.74, 6) is -1.48. The van der Waals surface area contributed by atoms with Crippen molar-refractivity contribution < 1.29 is 22.3 Å². The van der Waals surface area contributed by atoms with Crippen LogP contribution < -0.4 is 5.32 Å². The molecule has 0 radical (unpaired) electrons. The lowest BCUT2D eigenvalue weighted by molar-refractivity contribution is 0.0729. The molecule has 1 aliphatic heterocycles. The van der Waals surface area contributed by atoms with Crippen LogP contribution >= 0.6 is 11.3 Å². The minimum atomic E-state index is -4.05. The van der Waals surface area contributed by atoms with Crippen LogP contribution in [0, 0.1) is 5.82 Å². The maximum atomic E-state index is 14.2. The van der Waals surface area contributed by atoms with Gasteiger partial charge in [0.1, 0.15) is 15.7 Å². The molecule has 3 rings (SSSR count). The quantitative estimate of drug-likeness (QED) is 0.775. The molecule has 1 saturated heterocycles. The first-order chi connectivity index (χ1) is 12.9. The van der Waals surface area contributed by atoms with Crippen molar-refractivity contribution in [3.8, 4) is 0 Å². The third-order valence-electron chi connectivity index (χ3n) is 3.93. The van der Waals surface area contributed by atoms with Crippen molar-refractivity contribution in [2.75, 3.05) is 31.6 Å². The normalized spacial score (nSPS) is 15.6. The van der Waals surface area contributed by atoms with E-state index in [4.69, 9.17) is 4.74 Å². The first-order valence-corrected chi connectivity index (χ1v) is 10.7. The Morgan fingerprint density at radius 2 is 2.07 bits per heavy atom. The van der Waals surface area contributed by atoms with Gasteiger partial charge in [0.2, 0.25) is 15.2 Å². The number of ether oxygens (including phenoxy) is 1. The Kier molecular flexibility index (Phi) is 6.15. The molecule has 146 valence electrons. The van der Waals surface area contributed by atoms with Crippen LogP contribution in [-0.2, 0) is 21.2 Å². The number of morpholine rings is 1. The van der Waals surface area contributed by atoms with Gasteiger partial charge in [-0.3, -0.25) is 10.1 Å². The zero-order valence-corrected chi connectivity index (χ0v) is 16.3. The lowest BCUT2D eigenvalue weighted by Gasteiger charge is -2.26. The first kappa shape index (κ1) is 19.8. The molecule has 1 fully saturated rings. The molecular formula is C16H19FN4O4S2. The fourth-order valence-electron chi connectivity index (χ4n) is 2.56. The Morgan fingerprint density at radius 1 is 1.33 bits per heavy atom. The van der Waals surface area contributed by atoms with Gasteiger partial charge in [-0.05, 0) is 24.6 Å². The van der Waals surface area contributed by atoms with Crippen molar-refractivity contribution in [3.63, 3.8) is 0 Å². The Morgan fingerprint density at radius 3 is 2.78 bits per heavy atom. The van der Waals surface area contributed by atoms with Crippen LogP contribution in [0.4, 0.5) is 9.52 Å². The van der Waals surface area contributed by atoms with Gasteiger partial charge in [-0.15, -0.1) is 10.2 Å². The number of hydrogen-bond acceptors (Lipinski definition) is 7. The largest absolute Gasteiger partial charge is 0.379 e. The van der Waals surface area contributed by atoms with Crippen molar-refractivity contribution >= 4 is 32.4 Å². The van der Waals surface area contributed by atoms with Crippen molar-refractivity contribution in [2.45, 2.75) is 24.7 Å². The Hall–Kier alpha value is -1.95. The van der Waals surface area contributed by atoms with E-state index >= 15 is 0 Å². The molecule has 1 N–H and O–H groups in total. The summed E-state index contributed by atoms with van der Waals surface area (Å²) in [5.41, 5.74) is 0.0236. The van der Waals surface area contributed by atoms with Gasteiger partial charge in [-0.25, -0.2) is 12.8 Å². The lowest BCUT2D eigenvalue weighted by Crippen LogP contribution is -2.41. The van der Waals surface area contributed by atoms with E-state index in [-0.39, 0.29) is 31.9 Å². The van der Waals surface area contributed by atoms with Crippen LogP contribution in [-0.4, -0.2) is 55.1 Å². The summed E-state index contributed by atoms with van der Waals surface area (Å²) in [6.45, 7) is 2.79. The van der Waals surface area contributed by atoms with Gasteiger partial charge in [0.15, 0.2) is 0 Å². The van der Waals surface area contributed by atoms with Crippen LogP contribution in [0.3, 0.4) is 0 Å². The number of carbonyl (C=O) groups excluding carboxylic acids is 1. The topological polar surface area (TPSA) is 101 Å². The molecule has 0 atom stereocenters. The van der Waals surface area contributed by atoms with Crippen molar-refractivity contribution in [1.29, 1.82) is 0 Å². The highest BCUT2D eigenvalue weighted by Gasteiger charge is 2.29. The third kappa shape index (κ3) is 4.49. The summed E-state index contributed by atoms with van der Waals surface area (Å²) in [6, 6.07) is 3.26. The summed E-state index contributed by atoms with van der Waals surface area (Å²) < 4.78 is 45.9. The number of aromatic nitrogens is 2. The van der Waals surface area contributed by atoms with Gasteiger partial charge in [0.25, 0.3) is 5.91 Å². The minimum absolute atomic E-state index is 0.0236. The number of aryl methyl sites for hydroxylation is 1. The Balaban J connectivity index is 1.82. The number of nitrogens with one attached hydrogen (secondary N) is 1. The molecule has 11 heteroatoms. The van der Waals surface area contributed by atoms with E-state index < -0.39 is 26.6 Å². The van der Waals surface area contributed by atoms with E-state index in [9.17, 15) is 17.6 Å². The fourth-order valence-corrected chi connectivity index (χ4v) is 4.89. The average Bonchev–Trinajstić information content (AvgIpc) is 3.10. The molecule has 27 heavy (non-hydrogen) atoms. The van der Waals surface area contributed by atoms with Crippen LogP contribution in [0.2, 0.25) is 0 Å². The van der Waals surface area contributed by atoms with Gasteiger partial charge in [0, 0.05) is 25.1 Å². The van der Waals surface area contributed by atoms with Crippen LogP contribution in [0.25, 0.3) is 0 Å². The number of carbonyl (C=O) groups is 1. The zero-order chi connectivity index (χ0) is 19.4. The predicted molar refractivity (Wildman–Crippen MR) is 97.8 cm³/mol. The summed E-state index contributed by atoms with van der Waals surface area (Å²) in [5, 5.41) is 11.5. The molecule has 1 aromatic heterocycles. The molecule has 2 heterocycles. The summed E-state index contributed by atoms with van der Waals surface area (Å²) in [6.07, 6.45) is 1.66. The molecule has 0 spiro atoms. The van der Waals surface area contributed by atoms with Gasteiger partial charge in [0.05, 0.1) is 13.2 Å². The van der Waals surface area contributed by atoms with Crippen molar-refractivity contribution in [1.82, 2.24) is 14.5 Å². The summed E-state index contributed by atoms with van der Waals surface area (Å²) in [7, 11) is -4.05. The van der Waals surface area contributed by atoms with E-state index in [0.717, 1.165) is 34.3 Å². The first-order valence-electron chi connectivity index (χ1n) is 8.43. The second-order valence-electron chi connectivity index (χ2n) is 5.87. The van der Waals surface area contributed by atoms with Gasteiger partial charge >= 0.3 is 0 Å². The number of nitrogens with zero attached hydrogens (tertiary/aromatic N) is 3. The van der Waals surface area contributed by atoms with E-state index in [1.807, 2.05) is 6.92 Å². The third-order valence-corrected chi connectivity index (χ3v) is 6.74. The number of rotatable bonds is 6. The van der Waals surface area contributed by atoms with E-state index in [1.54, 1.807) is 0 Å². The number of amides is 1. The Bertz CT molecular complexity index is 926. The van der Waals surface area contributed by atoms with Crippen molar-refractivity contribution in [2.24, 2.45) is 0 Å². The van der Waals surface area contributed by atoms with E-state index in [1.165, 1.54) is 17.4 Å². The van der Waals surface area contributed by atoms with Crippen LogP contribution in [0.1, 0.15) is 28.7 Å². The second-order valence-corrected chi connectivity index (χ2v) is 8.84. The standard InChI is InChI=1S/C16H19FN4O4S2/c1-2-3-14-19-20-16(26-14)18-15(22)11-4-5-12(17)13(10-11)27(23,24)21-6-8-25-9-7-21/h4-5,10H,2-3,6-9H2,1H3,(H,18,20,22). The lowest BCUT2D eigenvalue weighted by atomic mass is 10.2. The molecule has 1 aromatic carbocycles. The molecule has 0 saturated carbocycles. The smallest absolute Gasteiger partial charge is 0.257 e.